The van der Waals surface area contributed by atoms with Gasteiger partial charge in [-0.25, -0.2) is 4.98 Å². The van der Waals surface area contributed by atoms with Crippen LogP contribution in [0, 0.1) is 6.92 Å². The molecule has 0 unspecified atom stereocenters. The topological polar surface area (TPSA) is 62.3 Å². The molecule has 30 heavy (non-hydrogen) atoms. The van der Waals surface area contributed by atoms with E-state index in [-0.39, 0.29) is 30.2 Å². The first-order valence-electron chi connectivity index (χ1n) is 9.72. The average Bonchev–Trinajstić information content (AvgIpc) is 2.93. The number of hydrogen-bond donors (Lipinski definition) is 1. The number of hydrogen-bond acceptors (Lipinski definition) is 5. The lowest BCUT2D eigenvalue weighted by molar-refractivity contribution is -0.122. The quantitative estimate of drug-likeness (QED) is 0.529. The molecule has 0 aliphatic carbocycles. The number of rotatable bonds is 5. The third-order valence-electron chi connectivity index (χ3n) is 4.69. The lowest BCUT2D eigenvalue weighted by atomic mass is 9.87. The van der Waals surface area contributed by atoms with Crippen LogP contribution in [0.1, 0.15) is 43.9 Å². The summed E-state index contributed by atoms with van der Waals surface area (Å²) in [5.41, 5.74) is 3.28. The molecular weight excluding hydrogens is 414 g/mol. The van der Waals surface area contributed by atoms with Crippen LogP contribution < -0.4 is 5.32 Å². The van der Waals surface area contributed by atoms with Crippen LogP contribution in [0.25, 0.3) is 6.08 Å². The number of nitrogens with zero attached hydrogens (tertiary/aromatic N) is 2. The largest absolute Gasteiger partial charge is 0.311 e. The SMILES string of the molecule is Cc1ccnc(NC(=O)CCN2C(=O)C(=Cc3ccc(C(C)(C)C)cc3)SC2=S)c1. The molecule has 3 rings (SSSR count). The molecule has 1 aromatic carbocycles. The van der Waals surface area contributed by atoms with Crippen molar-refractivity contribution in [2.24, 2.45) is 0 Å². The Kier molecular flexibility index (Phi) is 6.73. The van der Waals surface area contributed by atoms with Crippen molar-refractivity contribution in [1.29, 1.82) is 0 Å². The fraction of sp³-hybridized carbons (Fsp3) is 0.304. The second-order valence-electron chi connectivity index (χ2n) is 8.22. The molecular formula is C23H25N3O2S2. The number of aromatic nitrogens is 1. The zero-order chi connectivity index (χ0) is 21.9. The molecule has 5 nitrogen and oxygen atoms in total. The molecule has 1 aliphatic heterocycles. The second-order valence-corrected chi connectivity index (χ2v) is 9.90. The van der Waals surface area contributed by atoms with Gasteiger partial charge in [0.05, 0.1) is 4.91 Å². The normalized spacial score (nSPS) is 15.7. The van der Waals surface area contributed by atoms with Crippen molar-refractivity contribution in [3.8, 4) is 0 Å². The predicted molar refractivity (Wildman–Crippen MR) is 127 cm³/mol. The Morgan fingerprint density at radius 3 is 2.57 bits per heavy atom. The number of thiocarbonyl (C=S) groups is 1. The van der Waals surface area contributed by atoms with Gasteiger partial charge >= 0.3 is 0 Å². The van der Waals surface area contributed by atoms with E-state index in [4.69, 9.17) is 12.2 Å². The molecule has 1 aromatic heterocycles. The van der Waals surface area contributed by atoms with Crippen LogP contribution in [0.15, 0.2) is 47.5 Å². The zero-order valence-corrected chi connectivity index (χ0v) is 19.2. The van der Waals surface area contributed by atoms with Crippen molar-refractivity contribution in [3.63, 3.8) is 0 Å². The van der Waals surface area contributed by atoms with Gasteiger partial charge in [0.15, 0.2) is 0 Å². The summed E-state index contributed by atoms with van der Waals surface area (Å²) in [6.45, 7) is 8.66. The number of pyridine rings is 1. The first-order valence-corrected chi connectivity index (χ1v) is 10.9. The summed E-state index contributed by atoms with van der Waals surface area (Å²) in [5, 5.41) is 2.75. The number of carbonyl (C=O) groups is 2. The van der Waals surface area contributed by atoms with Crippen LogP contribution >= 0.6 is 24.0 Å². The number of nitrogens with one attached hydrogen (secondary N) is 1. The predicted octanol–water partition coefficient (Wildman–Crippen LogP) is 4.92. The molecule has 2 aromatic rings. The highest BCUT2D eigenvalue weighted by molar-refractivity contribution is 8.26. The third-order valence-corrected chi connectivity index (χ3v) is 6.07. The highest BCUT2D eigenvalue weighted by Crippen LogP contribution is 2.33. The van der Waals surface area contributed by atoms with Gasteiger partial charge in [0.1, 0.15) is 10.1 Å². The molecule has 0 spiro atoms. The number of thioether (sulfide) groups is 1. The van der Waals surface area contributed by atoms with Crippen LogP contribution in [-0.4, -0.2) is 32.6 Å². The standard InChI is InChI=1S/C23H25N3O2S2/c1-15-9-11-24-19(13-15)25-20(27)10-12-26-21(28)18(30-22(26)29)14-16-5-7-17(8-6-16)23(2,3)4/h5-9,11,13-14H,10,12H2,1-4H3,(H,24,25,27). The zero-order valence-electron chi connectivity index (χ0n) is 17.6. The van der Waals surface area contributed by atoms with E-state index in [0.29, 0.717) is 15.0 Å². The van der Waals surface area contributed by atoms with Crippen LogP contribution in [0.2, 0.25) is 0 Å². The van der Waals surface area contributed by atoms with Gasteiger partial charge in [-0.3, -0.25) is 14.5 Å². The minimum absolute atomic E-state index is 0.0799. The van der Waals surface area contributed by atoms with Crippen molar-refractivity contribution in [1.82, 2.24) is 9.88 Å². The van der Waals surface area contributed by atoms with Crippen LogP contribution in [0.3, 0.4) is 0 Å². The number of benzene rings is 1. The number of amides is 2. The van der Waals surface area contributed by atoms with E-state index in [0.717, 1.165) is 11.1 Å². The highest BCUT2D eigenvalue weighted by atomic mass is 32.2. The third kappa shape index (κ3) is 5.55. The van der Waals surface area contributed by atoms with Gasteiger partial charge in [-0.2, -0.15) is 0 Å². The van der Waals surface area contributed by atoms with E-state index in [1.807, 2.05) is 31.2 Å². The Balaban J connectivity index is 1.61. The minimum atomic E-state index is -0.205. The van der Waals surface area contributed by atoms with E-state index in [1.54, 1.807) is 12.3 Å². The fourth-order valence-electron chi connectivity index (χ4n) is 2.95. The first-order chi connectivity index (χ1) is 14.1. The first kappa shape index (κ1) is 22.2. The average molecular weight is 440 g/mol. The van der Waals surface area contributed by atoms with Crippen molar-refractivity contribution >= 4 is 52.0 Å². The summed E-state index contributed by atoms with van der Waals surface area (Å²) >= 11 is 6.63. The van der Waals surface area contributed by atoms with Crippen LogP contribution in [-0.2, 0) is 15.0 Å². The monoisotopic (exact) mass is 439 g/mol. The Hall–Kier alpha value is -2.51. The van der Waals surface area contributed by atoms with Gasteiger partial charge in [-0.1, -0.05) is 69.0 Å². The van der Waals surface area contributed by atoms with Gasteiger partial charge in [0.25, 0.3) is 5.91 Å². The van der Waals surface area contributed by atoms with Gasteiger partial charge in [0.2, 0.25) is 5.91 Å². The van der Waals surface area contributed by atoms with Crippen LogP contribution in [0.4, 0.5) is 5.82 Å². The maximum absolute atomic E-state index is 12.8. The highest BCUT2D eigenvalue weighted by Gasteiger charge is 2.32. The lowest BCUT2D eigenvalue weighted by Gasteiger charge is -2.18. The fourth-order valence-corrected chi connectivity index (χ4v) is 4.26. The summed E-state index contributed by atoms with van der Waals surface area (Å²) in [6, 6.07) is 11.8. The van der Waals surface area contributed by atoms with E-state index in [1.165, 1.54) is 22.2 Å². The molecule has 1 fully saturated rings. The molecule has 0 saturated carbocycles. The summed E-state index contributed by atoms with van der Waals surface area (Å²) in [4.78, 5) is 31.2. The van der Waals surface area contributed by atoms with Crippen molar-refractivity contribution in [2.75, 3.05) is 11.9 Å². The van der Waals surface area contributed by atoms with Gasteiger partial charge in [-0.05, 0) is 47.2 Å². The maximum atomic E-state index is 12.8. The second kappa shape index (κ2) is 9.10. The van der Waals surface area contributed by atoms with Gasteiger partial charge < -0.3 is 5.32 Å². The Bertz CT molecular complexity index is 1010. The number of carbonyl (C=O) groups excluding carboxylic acids is 2. The Labute approximate surface area is 187 Å². The van der Waals surface area contributed by atoms with E-state index in [2.05, 4.69) is 43.2 Å². The molecule has 156 valence electrons. The van der Waals surface area contributed by atoms with E-state index < -0.39 is 0 Å². The maximum Gasteiger partial charge on any atom is 0.266 e. The lowest BCUT2D eigenvalue weighted by Crippen LogP contribution is -2.31. The molecule has 2 heterocycles. The summed E-state index contributed by atoms with van der Waals surface area (Å²) < 4.78 is 0.471. The molecule has 1 N–H and O–H groups in total. The smallest absolute Gasteiger partial charge is 0.266 e. The van der Waals surface area contributed by atoms with Crippen molar-refractivity contribution < 1.29 is 9.59 Å². The Morgan fingerprint density at radius 2 is 1.93 bits per heavy atom. The summed E-state index contributed by atoms with van der Waals surface area (Å²) in [6.07, 6.45) is 3.64. The molecule has 1 saturated heterocycles. The van der Waals surface area contributed by atoms with Crippen molar-refractivity contribution in [3.05, 3.63) is 64.2 Å². The van der Waals surface area contributed by atoms with Gasteiger partial charge in [-0.15, -0.1) is 0 Å². The van der Waals surface area contributed by atoms with Gasteiger partial charge in [0, 0.05) is 19.2 Å². The minimum Gasteiger partial charge on any atom is -0.311 e. The Morgan fingerprint density at radius 1 is 1.23 bits per heavy atom. The van der Waals surface area contributed by atoms with E-state index in [9.17, 15) is 9.59 Å². The summed E-state index contributed by atoms with van der Waals surface area (Å²) in [7, 11) is 0. The number of anilines is 1. The van der Waals surface area contributed by atoms with Crippen LogP contribution in [0.5, 0.6) is 0 Å². The summed E-state index contributed by atoms with van der Waals surface area (Å²) in [5.74, 6) is 0.138. The molecule has 0 radical (unpaired) electrons. The number of aryl methyl sites for hydroxylation is 1. The molecule has 7 heteroatoms. The molecule has 1 aliphatic rings. The van der Waals surface area contributed by atoms with E-state index >= 15 is 0 Å². The molecule has 0 atom stereocenters. The molecule has 2 amide bonds. The molecule has 0 bridgehead atoms. The van der Waals surface area contributed by atoms with Crippen molar-refractivity contribution in [2.45, 2.75) is 39.5 Å².